The third kappa shape index (κ3) is 3.14. The molecule has 4 heteroatoms. The van der Waals surface area contributed by atoms with Crippen molar-refractivity contribution in [3.05, 3.63) is 0 Å². The van der Waals surface area contributed by atoms with Crippen LogP contribution in [0.2, 0.25) is 0 Å². The summed E-state index contributed by atoms with van der Waals surface area (Å²) in [4.78, 5) is 0. The first-order valence-corrected chi connectivity index (χ1v) is 6.10. The van der Waals surface area contributed by atoms with Crippen molar-refractivity contribution < 1.29 is 5.11 Å². The molecule has 88 valence electrons. The van der Waals surface area contributed by atoms with Gasteiger partial charge in [0.1, 0.15) is 0 Å². The Morgan fingerprint density at radius 3 is 2.67 bits per heavy atom. The third-order valence-corrected chi connectivity index (χ3v) is 3.68. The Labute approximate surface area is 91.6 Å². The van der Waals surface area contributed by atoms with Crippen molar-refractivity contribution in [2.24, 2.45) is 5.73 Å². The van der Waals surface area contributed by atoms with Gasteiger partial charge in [0.15, 0.2) is 0 Å². The predicted octanol–water partition coefficient (Wildman–Crippen LogP) is -0.430. The molecule has 0 aromatic carbocycles. The van der Waals surface area contributed by atoms with Crippen LogP contribution in [0.1, 0.15) is 32.1 Å². The van der Waals surface area contributed by atoms with E-state index in [2.05, 4.69) is 10.6 Å². The smallest absolute Gasteiger partial charge is 0.0786 e. The van der Waals surface area contributed by atoms with E-state index in [9.17, 15) is 5.11 Å². The predicted molar refractivity (Wildman–Crippen MR) is 60.7 cm³/mol. The molecule has 0 spiro atoms. The van der Waals surface area contributed by atoms with Gasteiger partial charge in [-0.3, -0.25) is 0 Å². The lowest BCUT2D eigenvalue weighted by Crippen LogP contribution is -2.47. The Bertz CT molecular complexity index is 206. The monoisotopic (exact) mass is 213 g/mol. The molecule has 2 fully saturated rings. The van der Waals surface area contributed by atoms with Crippen LogP contribution < -0.4 is 16.4 Å². The maximum Gasteiger partial charge on any atom is 0.0786 e. The van der Waals surface area contributed by atoms with E-state index in [4.69, 9.17) is 5.73 Å². The van der Waals surface area contributed by atoms with Gasteiger partial charge in [-0.1, -0.05) is 0 Å². The van der Waals surface area contributed by atoms with Crippen molar-refractivity contribution in [1.29, 1.82) is 0 Å². The molecule has 1 aliphatic carbocycles. The van der Waals surface area contributed by atoms with Crippen LogP contribution in [-0.4, -0.2) is 42.4 Å². The number of aliphatic hydroxyl groups is 1. The average Bonchev–Trinajstić information content (AvgIpc) is 2.58. The Morgan fingerprint density at radius 2 is 2.07 bits per heavy atom. The lowest BCUT2D eigenvalue weighted by molar-refractivity contribution is 0.0424. The second kappa shape index (κ2) is 4.78. The molecule has 4 nitrogen and oxygen atoms in total. The molecular formula is C11H23N3O. The number of nitrogens with two attached hydrogens (primary N) is 1. The van der Waals surface area contributed by atoms with E-state index < -0.39 is 5.60 Å². The number of nitrogens with one attached hydrogen (secondary N) is 2. The molecule has 2 unspecified atom stereocenters. The van der Waals surface area contributed by atoms with Crippen LogP contribution in [0.4, 0.5) is 0 Å². The Morgan fingerprint density at radius 1 is 1.33 bits per heavy atom. The van der Waals surface area contributed by atoms with Gasteiger partial charge < -0.3 is 21.5 Å². The average molecular weight is 213 g/mol. The number of hydrogen-bond acceptors (Lipinski definition) is 4. The van der Waals surface area contributed by atoms with Gasteiger partial charge in [0.05, 0.1) is 5.60 Å². The molecule has 2 atom stereocenters. The van der Waals surface area contributed by atoms with Gasteiger partial charge in [-0.15, -0.1) is 0 Å². The highest BCUT2D eigenvalue weighted by molar-refractivity contribution is 4.93. The maximum atomic E-state index is 10.2. The summed E-state index contributed by atoms with van der Waals surface area (Å²) in [5.41, 5.74) is 5.28. The normalized spacial score (nSPS) is 38.4. The van der Waals surface area contributed by atoms with E-state index in [0.29, 0.717) is 12.6 Å². The first-order chi connectivity index (χ1) is 7.18. The lowest BCUT2D eigenvalue weighted by atomic mass is 10.00. The molecular weight excluding hydrogens is 190 g/mol. The minimum atomic E-state index is -0.537. The van der Waals surface area contributed by atoms with Crippen molar-refractivity contribution in [1.82, 2.24) is 10.6 Å². The van der Waals surface area contributed by atoms with Gasteiger partial charge in [0.2, 0.25) is 0 Å². The van der Waals surface area contributed by atoms with E-state index in [1.165, 1.54) is 12.8 Å². The highest BCUT2D eigenvalue weighted by Crippen LogP contribution is 2.28. The largest absolute Gasteiger partial charge is 0.389 e. The maximum absolute atomic E-state index is 10.2. The molecule has 2 rings (SSSR count). The molecule has 1 saturated carbocycles. The summed E-state index contributed by atoms with van der Waals surface area (Å²) in [6.45, 7) is 2.90. The zero-order valence-corrected chi connectivity index (χ0v) is 9.34. The van der Waals surface area contributed by atoms with E-state index in [1.54, 1.807) is 0 Å². The van der Waals surface area contributed by atoms with Gasteiger partial charge in [-0.05, 0) is 45.2 Å². The van der Waals surface area contributed by atoms with E-state index in [-0.39, 0.29) is 6.04 Å². The van der Waals surface area contributed by atoms with Crippen LogP contribution in [0.3, 0.4) is 0 Å². The van der Waals surface area contributed by atoms with Crippen LogP contribution in [-0.2, 0) is 0 Å². The Hall–Kier alpha value is -0.160. The molecule has 0 bridgehead atoms. The zero-order valence-electron chi connectivity index (χ0n) is 9.34. The fourth-order valence-electron chi connectivity index (χ4n) is 2.67. The van der Waals surface area contributed by atoms with Crippen LogP contribution in [0.25, 0.3) is 0 Å². The van der Waals surface area contributed by atoms with Crippen LogP contribution in [0, 0.1) is 0 Å². The molecule has 15 heavy (non-hydrogen) atoms. The molecule has 0 aromatic heterocycles. The van der Waals surface area contributed by atoms with Crippen molar-refractivity contribution in [3.63, 3.8) is 0 Å². The van der Waals surface area contributed by atoms with Crippen LogP contribution in [0.5, 0.6) is 0 Å². The fraction of sp³-hybridized carbons (Fsp3) is 1.00. The molecule has 0 amide bonds. The fourth-order valence-corrected chi connectivity index (χ4v) is 2.67. The van der Waals surface area contributed by atoms with Crippen LogP contribution >= 0.6 is 0 Å². The second-order valence-corrected chi connectivity index (χ2v) is 5.13. The molecule has 0 radical (unpaired) electrons. The van der Waals surface area contributed by atoms with Crippen molar-refractivity contribution in [2.75, 3.05) is 19.6 Å². The third-order valence-electron chi connectivity index (χ3n) is 3.68. The first kappa shape index (κ1) is 11.3. The van der Waals surface area contributed by atoms with Crippen LogP contribution in [0.15, 0.2) is 0 Å². The molecule has 1 heterocycles. The van der Waals surface area contributed by atoms with Crippen molar-refractivity contribution >= 4 is 0 Å². The lowest BCUT2D eigenvalue weighted by Gasteiger charge is -2.29. The second-order valence-electron chi connectivity index (χ2n) is 5.13. The van der Waals surface area contributed by atoms with Gasteiger partial charge in [0.25, 0.3) is 0 Å². The highest BCUT2D eigenvalue weighted by atomic mass is 16.3. The molecule has 0 aromatic rings. The summed E-state index contributed by atoms with van der Waals surface area (Å²) in [5, 5.41) is 17.0. The minimum Gasteiger partial charge on any atom is -0.389 e. The Balaban J connectivity index is 1.72. The molecule has 1 aliphatic heterocycles. The quantitative estimate of drug-likeness (QED) is 0.513. The summed E-state index contributed by atoms with van der Waals surface area (Å²) in [7, 11) is 0. The van der Waals surface area contributed by atoms with Gasteiger partial charge in [0, 0.05) is 18.6 Å². The SMILES string of the molecule is NC1CCC(O)(CNC2CCNCC2)C1. The summed E-state index contributed by atoms with van der Waals surface area (Å²) in [5.74, 6) is 0. The Kier molecular flexibility index (Phi) is 3.61. The summed E-state index contributed by atoms with van der Waals surface area (Å²) >= 11 is 0. The number of hydrogen-bond donors (Lipinski definition) is 4. The van der Waals surface area contributed by atoms with E-state index >= 15 is 0 Å². The summed E-state index contributed by atoms with van der Waals surface area (Å²) in [6.07, 6.45) is 4.91. The highest BCUT2D eigenvalue weighted by Gasteiger charge is 2.35. The topological polar surface area (TPSA) is 70.3 Å². The minimum absolute atomic E-state index is 0.199. The van der Waals surface area contributed by atoms with Gasteiger partial charge in [-0.2, -0.15) is 0 Å². The summed E-state index contributed by atoms with van der Waals surface area (Å²) < 4.78 is 0. The number of rotatable bonds is 3. The molecule has 2 aliphatic rings. The van der Waals surface area contributed by atoms with Crippen molar-refractivity contribution in [3.8, 4) is 0 Å². The van der Waals surface area contributed by atoms with E-state index in [1.807, 2.05) is 0 Å². The standard InChI is InChI=1S/C11H23N3O/c12-9-1-4-11(15,7-9)8-14-10-2-5-13-6-3-10/h9-10,13-15H,1-8,12H2. The van der Waals surface area contributed by atoms with E-state index in [0.717, 1.165) is 32.4 Å². The van der Waals surface area contributed by atoms with Crippen molar-refractivity contribution in [2.45, 2.75) is 49.8 Å². The number of piperidine rings is 1. The first-order valence-electron chi connectivity index (χ1n) is 6.10. The molecule has 1 saturated heterocycles. The molecule has 5 N–H and O–H groups in total. The van der Waals surface area contributed by atoms with Gasteiger partial charge >= 0.3 is 0 Å². The van der Waals surface area contributed by atoms with Gasteiger partial charge in [-0.25, -0.2) is 0 Å². The zero-order chi connectivity index (χ0) is 10.7. The summed E-state index contributed by atoms with van der Waals surface area (Å²) in [6, 6.07) is 0.775.